The molecule has 0 aliphatic carbocycles. The summed E-state index contributed by atoms with van der Waals surface area (Å²) in [6.07, 6.45) is 0. The van der Waals surface area contributed by atoms with Gasteiger partial charge in [-0.2, -0.15) is 0 Å². The number of nitrogens with zero attached hydrogens (tertiary/aromatic N) is 2. The van der Waals surface area contributed by atoms with E-state index in [0.717, 1.165) is 23.4 Å². The largest absolute Gasteiger partial charge is 0.372 e. The first-order chi connectivity index (χ1) is 8.25. The first-order valence-electron chi connectivity index (χ1n) is 5.99. The van der Waals surface area contributed by atoms with E-state index in [0.29, 0.717) is 18.7 Å². The molecule has 0 atom stereocenters. The molecule has 2 heterocycles. The Bertz CT molecular complexity index is 534. The van der Waals surface area contributed by atoms with E-state index in [1.54, 1.807) is 0 Å². The fourth-order valence-electron chi connectivity index (χ4n) is 2.04. The average Bonchev–Trinajstić information content (AvgIpc) is 2.71. The summed E-state index contributed by atoms with van der Waals surface area (Å²) in [6, 6.07) is 3.49. The number of aromatic nitrogens is 2. The van der Waals surface area contributed by atoms with Gasteiger partial charge in [0, 0.05) is 6.54 Å². The van der Waals surface area contributed by atoms with E-state index in [4.69, 9.17) is 4.74 Å². The molecule has 0 radical (unpaired) electrons. The zero-order valence-electron chi connectivity index (χ0n) is 10.5. The van der Waals surface area contributed by atoms with Gasteiger partial charge in [0.05, 0.1) is 12.1 Å². The van der Waals surface area contributed by atoms with Crippen molar-refractivity contribution >= 4 is 11.0 Å². The summed E-state index contributed by atoms with van der Waals surface area (Å²) >= 11 is 0. The fraction of sp³-hybridized carbons (Fsp3) is 0.462. The minimum Gasteiger partial charge on any atom is -0.372 e. The molecule has 0 saturated heterocycles. The third kappa shape index (κ3) is 2.05. The molecular weight excluding hydrogens is 219 g/mol. The van der Waals surface area contributed by atoms with Crippen molar-refractivity contribution in [3.05, 3.63) is 29.3 Å². The predicted molar refractivity (Wildman–Crippen MR) is 65.4 cm³/mol. The minimum absolute atomic E-state index is 0.244. The molecule has 0 amide bonds. The van der Waals surface area contributed by atoms with Gasteiger partial charge in [-0.3, -0.25) is 0 Å². The van der Waals surface area contributed by atoms with Crippen LogP contribution >= 0.6 is 0 Å². The van der Waals surface area contributed by atoms with E-state index >= 15 is 0 Å². The number of halogens is 1. The standard InChI is InChI=1S/C11H11FN2O.C2H6/c1-7-4-8(12)11-9(5-7)14-2-3-15-6-10(14)13-11;1-2/h4-5H,2-3,6H2,1H3;1-2H3. The van der Waals surface area contributed by atoms with E-state index in [1.807, 2.05) is 31.4 Å². The smallest absolute Gasteiger partial charge is 0.151 e. The molecule has 3 nitrogen and oxygen atoms in total. The monoisotopic (exact) mass is 236 g/mol. The molecule has 0 spiro atoms. The minimum atomic E-state index is -0.244. The third-order valence-corrected chi connectivity index (χ3v) is 2.72. The SMILES string of the molecule is CC.Cc1cc(F)c2nc3n(c2c1)CCOC3. The Morgan fingerprint density at radius 3 is 2.88 bits per heavy atom. The number of fused-ring (bicyclic) bond motifs is 3. The lowest BCUT2D eigenvalue weighted by molar-refractivity contribution is 0.0830. The molecule has 0 unspecified atom stereocenters. The van der Waals surface area contributed by atoms with Crippen LogP contribution in [0.25, 0.3) is 11.0 Å². The van der Waals surface area contributed by atoms with Gasteiger partial charge in [-0.05, 0) is 24.6 Å². The second kappa shape index (κ2) is 4.84. The zero-order valence-corrected chi connectivity index (χ0v) is 10.5. The van der Waals surface area contributed by atoms with Crippen LogP contribution in [-0.2, 0) is 17.9 Å². The normalized spacial score (nSPS) is 14.1. The van der Waals surface area contributed by atoms with Crippen LogP contribution in [0.1, 0.15) is 25.2 Å². The Labute approximate surface area is 100 Å². The lowest BCUT2D eigenvalue weighted by atomic mass is 10.2. The van der Waals surface area contributed by atoms with Crippen molar-refractivity contribution in [1.29, 1.82) is 0 Å². The number of ether oxygens (including phenoxy) is 1. The quantitative estimate of drug-likeness (QED) is 0.703. The van der Waals surface area contributed by atoms with Crippen molar-refractivity contribution in [2.45, 2.75) is 33.9 Å². The van der Waals surface area contributed by atoms with E-state index in [2.05, 4.69) is 4.98 Å². The number of hydrogen-bond acceptors (Lipinski definition) is 2. The van der Waals surface area contributed by atoms with Crippen LogP contribution in [0, 0.1) is 12.7 Å². The number of hydrogen-bond donors (Lipinski definition) is 0. The Hall–Kier alpha value is -1.42. The van der Waals surface area contributed by atoms with Crippen LogP contribution < -0.4 is 0 Å². The Kier molecular flexibility index (Phi) is 3.43. The van der Waals surface area contributed by atoms with Gasteiger partial charge in [-0.15, -0.1) is 0 Å². The summed E-state index contributed by atoms with van der Waals surface area (Å²) in [4.78, 5) is 4.26. The summed E-state index contributed by atoms with van der Waals surface area (Å²) in [5, 5.41) is 0. The first-order valence-corrected chi connectivity index (χ1v) is 5.99. The third-order valence-electron chi connectivity index (χ3n) is 2.72. The van der Waals surface area contributed by atoms with Gasteiger partial charge in [-0.1, -0.05) is 13.8 Å². The summed E-state index contributed by atoms with van der Waals surface area (Å²) in [7, 11) is 0. The zero-order chi connectivity index (χ0) is 12.4. The van der Waals surface area contributed by atoms with Gasteiger partial charge in [0.25, 0.3) is 0 Å². The van der Waals surface area contributed by atoms with E-state index < -0.39 is 0 Å². The lowest BCUT2D eigenvalue weighted by Crippen LogP contribution is -2.16. The van der Waals surface area contributed by atoms with Crippen LogP contribution in [0.4, 0.5) is 4.39 Å². The molecule has 0 saturated carbocycles. The van der Waals surface area contributed by atoms with Crippen LogP contribution in [0.15, 0.2) is 12.1 Å². The van der Waals surface area contributed by atoms with Gasteiger partial charge >= 0.3 is 0 Å². The van der Waals surface area contributed by atoms with Gasteiger partial charge in [-0.25, -0.2) is 9.37 Å². The summed E-state index contributed by atoms with van der Waals surface area (Å²) in [5.74, 6) is 0.577. The van der Waals surface area contributed by atoms with Crippen LogP contribution in [0.5, 0.6) is 0 Å². The topological polar surface area (TPSA) is 27.1 Å². The Balaban J connectivity index is 0.000000514. The number of benzene rings is 1. The Morgan fingerprint density at radius 2 is 2.12 bits per heavy atom. The van der Waals surface area contributed by atoms with Crippen molar-refractivity contribution in [2.24, 2.45) is 0 Å². The first kappa shape index (κ1) is 12.0. The lowest BCUT2D eigenvalue weighted by Gasteiger charge is -2.14. The molecule has 3 rings (SSSR count). The highest BCUT2D eigenvalue weighted by Crippen LogP contribution is 2.23. The van der Waals surface area contributed by atoms with Gasteiger partial charge in [0.15, 0.2) is 5.82 Å². The molecule has 1 aliphatic rings. The maximum Gasteiger partial charge on any atom is 0.151 e. The van der Waals surface area contributed by atoms with Crippen LogP contribution in [0.3, 0.4) is 0 Å². The molecule has 0 bridgehead atoms. The maximum atomic E-state index is 13.6. The van der Waals surface area contributed by atoms with Gasteiger partial charge < -0.3 is 9.30 Å². The van der Waals surface area contributed by atoms with Crippen LogP contribution in [0.2, 0.25) is 0 Å². The molecular formula is C13H17FN2O. The van der Waals surface area contributed by atoms with E-state index in [9.17, 15) is 4.39 Å². The average molecular weight is 236 g/mol. The number of aryl methyl sites for hydroxylation is 1. The second-order valence-corrected chi connectivity index (χ2v) is 3.85. The van der Waals surface area contributed by atoms with E-state index in [-0.39, 0.29) is 5.82 Å². The molecule has 0 fully saturated rings. The van der Waals surface area contributed by atoms with Crippen LogP contribution in [-0.4, -0.2) is 16.2 Å². The van der Waals surface area contributed by atoms with Gasteiger partial charge in [0.1, 0.15) is 17.9 Å². The summed E-state index contributed by atoms with van der Waals surface area (Å²) in [5.41, 5.74) is 2.26. The fourth-order valence-corrected chi connectivity index (χ4v) is 2.04. The molecule has 1 aromatic carbocycles. The molecule has 17 heavy (non-hydrogen) atoms. The van der Waals surface area contributed by atoms with Crippen molar-refractivity contribution in [3.8, 4) is 0 Å². The molecule has 0 N–H and O–H groups in total. The summed E-state index contributed by atoms with van der Waals surface area (Å²) < 4.78 is 20.9. The number of rotatable bonds is 0. The van der Waals surface area contributed by atoms with Gasteiger partial charge in [0.2, 0.25) is 0 Å². The predicted octanol–water partition coefficient (Wildman–Crippen LogP) is 3.04. The molecule has 92 valence electrons. The Morgan fingerprint density at radius 1 is 1.35 bits per heavy atom. The van der Waals surface area contributed by atoms with Crippen molar-refractivity contribution < 1.29 is 9.13 Å². The molecule has 1 aromatic heterocycles. The second-order valence-electron chi connectivity index (χ2n) is 3.85. The molecule has 4 heteroatoms. The summed E-state index contributed by atoms with van der Waals surface area (Å²) in [6.45, 7) is 7.80. The van der Waals surface area contributed by atoms with Crippen molar-refractivity contribution in [1.82, 2.24) is 9.55 Å². The van der Waals surface area contributed by atoms with Crippen molar-refractivity contribution in [2.75, 3.05) is 6.61 Å². The van der Waals surface area contributed by atoms with E-state index in [1.165, 1.54) is 6.07 Å². The molecule has 1 aliphatic heterocycles. The maximum absolute atomic E-state index is 13.6. The molecule has 2 aromatic rings. The number of imidazole rings is 1. The highest BCUT2D eigenvalue weighted by molar-refractivity contribution is 5.77. The highest BCUT2D eigenvalue weighted by Gasteiger charge is 2.17. The van der Waals surface area contributed by atoms with Crippen molar-refractivity contribution in [3.63, 3.8) is 0 Å². The highest BCUT2D eigenvalue weighted by atomic mass is 19.1.